The summed E-state index contributed by atoms with van der Waals surface area (Å²) in [5, 5.41) is 7.71. The molecule has 0 aliphatic heterocycles. The van der Waals surface area contributed by atoms with Gasteiger partial charge in [0.1, 0.15) is 23.6 Å². The van der Waals surface area contributed by atoms with Crippen molar-refractivity contribution in [1.29, 1.82) is 0 Å². The minimum Gasteiger partial charge on any atom is -0.486 e. The molecule has 0 saturated heterocycles. The van der Waals surface area contributed by atoms with E-state index in [9.17, 15) is 4.79 Å². The smallest absolute Gasteiger partial charge is 0.341 e. The first-order valence-electron chi connectivity index (χ1n) is 6.14. The van der Waals surface area contributed by atoms with Crippen molar-refractivity contribution in [1.82, 2.24) is 15.0 Å². The molecule has 2 aromatic rings. The Morgan fingerprint density at radius 2 is 2.25 bits per heavy atom. The lowest BCUT2D eigenvalue weighted by Crippen LogP contribution is -2.08. The molecular formula is C13H16N4O3. The Hall–Kier alpha value is -2.57. The van der Waals surface area contributed by atoms with Gasteiger partial charge in [0.2, 0.25) is 0 Å². The molecule has 0 bridgehead atoms. The van der Waals surface area contributed by atoms with Crippen LogP contribution in [0.5, 0.6) is 5.75 Å². The fraction of sp³-hybridized carbons (Fsp3) is 0.308. The molecule has 0 aliphatic carbocycles. The number of aromatic nitrogens is 3. The average molecular weight is 276 g/mol. The van der Waals surface area contributed by atoms with Crippen LogP contribution in [0.4, 0.5) is 5.69 Å². The second-order valence-electron chi connectivity index (χ2n) is 4.15. The van der Waals surface area contributed by atoms with Crippen molar-refractivity contribution in [2.75, 3.05) is 12.3 Å². The molecule has 7 heteroatoms. The van der Waals surface area contributed by atoms with E-state index in [2.05, 4.69) is 10.3 Å². The summed E-state index contributed by atoms with van der Waals surface area (Å²) in [6.45, 7) is 2.24. The van der Waals surface area contributed by atoms with Crippen LogP contribution in [0.2, 0.25) is 0 Å². The van der Waals surface area contributed by atoms with Gasteiger partial charge in [-0.25, -0.2) is 4.79 Å². The largest absolute Gasteiger partial charge is 0.486 e. The van der Waals surface area contributed by atoms with E-state index in [1.165, 1.54) is 0 Å². The van der Waals surface area contributed by atoms with Gasteiger partial charge in [0.25, 0.3) is 0 Å². The third kappa shape index (κ3) is 3.25. The van der Waals surface area contributed by atoms with E-state index < -0.39 is 5.97 Å². The zero-order chi connectivity index (χ0) is 14.5. The number of rotatable bonds is 5. The van der Waals surface area contributed by atoms with Crippen LogP contribution in [0.3, 0.4) is 0 Å². The molecule has 0 unspecified atom stereocenters. The van der Waals surface area contributed by atoms with Crippen molar-refractivity contribution in [3.05, 3.63) is 35.7 Å². The number of esters is 1. The lowest BCUT2D eigenvalue weighted by atomic mass is 10.2. The van der Waals surface area contributed by atoms with Gasteiger partial charge in [-0.05, 0) is 19.1 Å². The van der Waals surface area contributed by atoms with E-state index in [0.29, 0.717) is 29.3 Å². The van der Waals surface area contributed by atoms with Gasteiger partial charge < -0.3 is 15.2 Å². The summed E-state index contributed by atoms with van der Waals surface area (Å²) in [6, 6.07) is 4.80. The highest BCUT2D eigenvalue weighted by atomic mass is 16.5. The number of carbonyl (C=O) groups excluding carboxylic acids is 1. The number of ether oxygens (including phenoxy) is 2. The Balaban J connectivity index is 2.16. The van der Waals surface area contributed by atoms with Crippen molar-refractivity contribution >= 4 is 11.7 Å². The van der Waals surface area contributed by atoms with Crippen LogP contribution >= 0.6 is 0 Å². The number of nitrogens with zero attached hydrogens (tertiary/aromatic N) is 3. The molecule has 1 heterocycles. The zero-order valence-electron chi connectivity index (χ0n) is 11.4. The summed E-state index contributed by atoms with van der Waals surface area (Å²) in [5.74, 6) is -0.0734. The Kier molecular flexibility index (Phi) is 4.19. The first kappa shape index (κ1) is 13.9. The maximum absolute atomic E-state index is 11.8. The van der Waals surface area contributed by atoms with Crippen molar-refractivity contribution in [3.63, 3.8) is 0 Å². The number of hydrogen-bond donors (Lipinski definition) is 1. The number of nitrogen functional groups attached to an aromatic ring is 1. The van der Waals surface area contributed by atoms with Gasteiger partial charge in [-0.2, -0.15) is 0 Å². The molecule has 106 valence electrons. The fourth-order valence-corrected chi connectivity index (χ4v) is 1.65. The van der Waals surface area contributed by atoms with Crippen LogP contribution in [-0.4, -0.2) is 27.6 Å². The quantitative estimate of drug-likeness (QED) is 0.650. The summed E-state index contributed by atoms with van der Waals surface area (Å²) in [7, 11) is 1.76. The number of benzene rings is 1. The fourth-order valence-electron chi connectivity index (χ4n) is 1.65. The second-order valence-corrected chi connectivity index (χ2v) is 4.15. The lowest BCUT2D eigenvalue weighted by Gasteiger charge is -2.10. The van der Waals surface area contributed by atoms with Crippen LogP contribution < -0.4 is 10.5 Å². The van der Waals surface area contributed by atoms with Gasteiger partial charge in [-0.1, -0.05) is 5.21 Å². The molecule has 0 atom stereocenters. The van der Waals surface area contributed by atoms with E-state index in [1.807, 2.05) is 0 Å². The highest BCUT2D eigenvalue weighted by molar-refractivity contribution is 5.93. The summed E-state index contributed by atoms with van der Waals surface area (Å²) in [5.41, 5.74) is 7.21. The molecule has 0 fully saturated rings. The molecule has 0 radical (unpaired) electrons. The number of anilines is 1. The summed E-state index contributed by atoms with van der Waals surface area (Å²) in [4.78, 5) is 11.8. The molecule has 7 nitrogen and oxygen atoms in total. The predicted molar refractivity (Wildman–Crippen MR) is 72.1 cm³/mol. The van der Waals surface area contributed by atoms with Crippen molar-refractivity contribution in [2.24, 2.45) is 7.05 Å². The molecule has 20 heavy (non-hydrogen) atoms. The lowest BCUT2D eigenvalue weighted by molar-refractivity contribution is 0.0521. The Labute approximate surface area is 116 Å². The van der Waals surface area contributed by atoms with Crippen LogP contribution in [-0.2, 0) is 18.4 Å². The minimum absolute atomic E-state index is 0.198. The monoisotopic (exact) mass is 276 g/mol. The molecule has 1 aromatic carbocycles. The molecule has 0 saturated carbocycles. The average Bonchev–Trinajstić information content (AvgIpc) is 2.82. The molecular weight excluding hydrogens is 260 g/mol. The SMILES string of the molecule is CCOC(=O)c1ccc(N)cc1OCc1cn(C)nn1. The topological polar surface area (TPSA) is 92.3 Å². The highest BCUT2D eigenvalue weighted by Gasteiger charge is 2.14. The van der Waals surface area contributed by atoms with E-state index in [0.717, 1.165) is 0 Å². The van der Waals surface area contributed by atoms with Gasteiger partial charge in [-0.3, -0.25) is 4.68 Å². The molecule has 2 rings (SSSR count). The van der Waals surface area contributed by atoms with Crippen LogP contribution in [0, 0.1) is 0 Å². The zero-order valence-corrected chi connectivity index (χ0v) is 11.4. The third-order valence-corrected chi connectivity index (χ3v) is 2.53. The van der Waals surface area contributed by atoms with Gasteiger partial charge in [0.05, 0.1) is 12.8 Å². The van der Waals surface area contributed by atoms with E-state index in [1.54, 1.807) is 43.0 Å². The van der Waals surface area contributed by atoms with Gasteiger partial charge in [-0.15, -0.1) is 5.10 Å². The summed E-state index contributed by atoms with van der Waals surface area (Å²) >= 11 is 0. The third-order valence-electron chi connectivity index (χ3n) is 2.53. The van der Waals surface area contributed by atoms with Crippen molar-refractivity contribution in [3.8, 4) is 5.75 Å². The predicted octanol–water partition coefficient (Wildman–Crippen LogP) is 1.15. The van der Waals surface area contributed by atoms with E-state index >= 15 is 0 Å². The Bertz CT molecular complexity index is 609. The molecule has 2 N–H and O–H groups in total. The van der Waals surface area contributed by atoms with Gasteiger partial charge in [0, 0.05) is 18.8 Å². The summed E-state index contributed by atoms with van der Waals surface area (Å²) in [6.07, 6.45) is 1.73. The van der Waals surface area contributed by atoms with Crippen LogP contribution in [0.15, 0.2) is 24.4 Å². The molecule has 0 amide bonds. The normalized spacial score (nSPS) is 10.3. The first-order valence-corrected chi connectivity index (χ1v) is 6.14. The maximum Gasteiger partial charge on any atom is 0.341 e. The Morgan fingerprint density at radius 3 is 2.90 bits per heavy atom. The maximum atomic E-state index is 11.8. The number of nitrogens with two attached hydrogens (primary N) is 1. The highest BCUT2D eigenvalue weighted by Crippen LogP contribution is 2.23. The molecule has 0 aliphatic rings. The number of hydrogen-bond acceptors (Lipinski definition) is 6. The van der Waals surface area contributed by atoms with Crippen LogP contribution in [0.25, 0.3) is 0 Å². The first-order chi connectivity index (χ1) is 9.60. The summed E-state index contributed by atoms with van der Waals surface area (Å²) < 4.78 is 12.1. The molecule has 0 spiro atoms. The molecule has 1 aromatic heterocycles. The van der Waals surface area contributed by atoms with E-state index in [-0.39, 0.29) is 6.61 Å². The number of carbonyl (C=O) groups is 1. The standard InChI is InChI=1S/C13H16N4O3/c1-3-19-13(18)11-5-4-9(14)6-12(11)20-8-10-7-17(2)16-15-10/h4-7H,3,8,14H2,1-2H3. The van der Waals surface area contributed by atoms with Crippen LogP contribution in [0.1, 0.15) is 23.0 Å². The van der Waals surface area contributed by atoms with Gasteiger partial charge >= 0.3 is 5.97 Å². The van der Waals surface area contributed by atoms with Crippen molar-refractivity contribution < 1.29 is 14.3 Å². The number of aryl methyl sites for hydroxylation is 1. The van der Waals surface area contributed by atoms with Gasteiger partial charge in [0.15, 0.2) is 0 Å². The Morgan fingerprint density at radius 1 is 1.45 bits per heavy atom. The van der Waals surface area contributed by atoms with E-state index in [4.69, 9.17) is 15.2 Å². The minimum atomic E-state index is -0.443. The van der Waals surface area contributed by atoms with Crippen molar-refractivity contribution in [2.45, 2.75) is 13.5 Å². The second kappa shape index (κ2) is 6.05.